The van der Waals surface area contributed by atoms with E-state index >= 15 is 0 Å². The van der Waals surface area contributed by atoms with Crippen molar-refractivity contribution < 1.29 is 22.5 Å². The van der Waals surface area contributed by atoms with Gasteiger partial charge in [-0.1, -0.05) is 31.8 Å². The van der Waals surface area contributed by atoms with Crippen molar-refractivity contribution in [2.45, 2.75) is 37.7 Å². The topological polar surface area (TPSA) is 111 Å². The highest BCUT2D eigenvalue weighted by atomic mass is 32.2. The van der Waals surface area contributed by atoms with E-state index < -0.39 is 16.0 Å². The minimum Gasteiger partial charge on any atom is -0.452 e. The third-order valence-corrected chi connectivity index (χ3v) is 4.65. The molecule has 138 valence electrons. The van der Waals surface area contributed by atoms with Crippen LogP contribution >= 0.6 is 0 Å². The number of ether oxygens (including phenoxy) is 1. The monoisotopic (exact) mass is 377 g/mol. The molecule has 0 atom stereocenters. The van der Waals surface area contributed by atoms with Crippen LogP contribution in [0.1, 0.15) is 42.8 Å². The molecule has 2 aromatic rings. The zero-order valence-electron chi connectivity index (χ0n) is 14.6. The summed E-state index contributed by atoms with van der Waals surface area (Å²) < 4.78 is 36.2. The Labute approximate surface area is 152 Å². The minimum absolute atomic E-state index is 0.00368. The first kappa shape index (κ1) is 19.6. The molecule has 2 rings (SSSR count). The molecule has 0 aliphatic carbocycles. The molecule has 0 radical (unpaired) electrons. The number of hydrogen-bond donors (Lipinski definition) is 1. The fourth-order valence-corrected chi connectivity index (χ4v) is 2.75. The summed E-state index contributed by atoms with van der Waals surface area (Å²) in [7, 11) is -3.71. The molecule has 1 aromatic carbocycles. The number of sulfonamides is 1. The first-order chi connectivity index (χ1) is 12.1. The van der Waals surface area contributed by atoms with Gasteiger partial charge < -0.3 is 9.26 Å². The fourth-order valence-electron chi connectivity index (χ4n) is 1.82. The molecule has 0 bridgehead atoms. The van der Waals surface area contributed by atoms with Crippen molar-refractivity contribution in [2.75, 3.05) is 6.54 Å². The van der Waals surface area contributed by atoms with Crippen LogP contribution in [0, 0.1) is 12.3 Å². The van der Waals surface area contributed by atoms with E-state index in [-0.39, 0.29) is 34.9 Å². The quantitative estimate of drug-likeness (QED) is 0.601. The van der Waals surface area contributed by atoms with Crippen molar-refractivity contribution in [3.05, 3.63) is 41.5 Å². The highest BCUT2D eigenvalue weighted by Crippen LogP contribution is 2.19. The van der Waals surface area contributed by atoms with Crippen LogP contribution in [0.15, 0.2) is 33.7 Å². The van der Waals surface area contributed by atoms with E-state index in [0.29, 0.717) is 5.82 Å². The van der Waals surface area contributed by atoms with Gasteiger partial charge in [0.25, 0.3) is 5.89 Å². The zero-order valence-corrected chi connectivity index (χ0v) is 15.5. The maximum Gasteiger partial charge on any atom is 0.338 e. The van der Waals surface area contributed by atoms with Crippen LogP contribution in [0.3, 0.4) is 0 Å². The number of carbonyl (C=O) groups is 1. The average molecular weight is 377 g/mol. The van der Waals surface area contributed by atoms with Gasteiger partial charge >= 0.3 is 5.97 Å². The first-order valence-electron chi connectivity index (χ1n) is 7.67. The molecular formula is C17H19N3O5S. The number of esters is 1. The Morgan fingerprint density at radius 1 is 1.31 bits per heavy atom. The molecule has 0 saturated heterocycles. The van der Waals surface area contributed by atoms with Crippen LogP contribution in [0.25, 0.3) is 0 Å². The number of hydrogen-bond acceptors (Lipinski definition) is 7. The van der Waals surface area contributed by atoms with Crippen molar-refractivity contribution in [2.24, 2.45) is 0 Å². The van der Waals surface area contributed by atoms with Crippen molar-refractivity contribution >= 4 is 16.0 Å². The Hall–Kier alpha value is -2.70. The van der Waals surface area contributed by atoms with E-state index in [1.807, 2.05) is 20.8 Å². The molecule has 1 aromatic heterocycles. The summed E-state index contributed by atoms with van der Waals surface area (Å²) in [6, 6.07) is 5.28. The molecule has 0 aliphatic heterocycles. The van der Waals surface area contributed by atoms with Gasteiger partial charge in [0.15, 0.2) is 12.4 Å². The summed E-state index contributed by atoms with van der Waals surface area (Å²) in [4.78, 5) is 16.2. The number of nitrogens with zero attached hydrogens (tertiary/aromatic N) is 2. The van der Waals surface area contributed by atoms with Crippen LogP contribution in [0.4, 0.5) is 0 Å². The van der Waals surface area contributed by atoms with Gasteiger partial charge in [-0.05, 0) is 24.3 Å². The Kier molecular flexibility index (Phi) is 5.79. The molecule has 0 unspecified atom stereocenters. The summed E-state index contributed by atoms with van der Waals surface area (Å²) in [6.45, 7) is 5.50. The van der Waals surface area contributed by atoms with Gasteiger partial charge in [-0.3, -0.25) is 0 Å². The molecule has 26 heavy (non-hydrogen) atoms. The molecule has 0 spiro atoms. The second kappa shape index (κ2) is 7.68. The first-order valence-corrected chi connectivity index (χ1v) is 9.15. The van der Waals surface area contributed by atoms with Crippen LogP contribution in [-0.4, -0.2) is 31.1 Å². The largest absolute Gasteiger partial charge is 0.452 e. The molecular weight excluding hydrogens is 358 g/mol. The van der Waals surface area contributed by atoms with Gasteiger partial charge in [-0.25, -0.2) is 13.2 Å². The molecule has 0 saturated carbocycles. The normalized spacial score (nSPS) is 11.8. The predicted octanol–water partition coefficient (Wildman–Crippen LogP) is 1.64. The number of terminal acetylenes is 1. The number of carbonyl (C=O) groups excluding carboxylic acids is 1. The number of benzene rings is 1. The standard InChI is InChI=1S/C17H19N3O5S/c1-5-10-18-26(22,23)13-8-6-12(7-9-13)15(21)24-11-14-19-16(20-25-14)17(2,3)4/h1,6-9,18H,10-11H2,2-4H3. The number of aromatic nitrogens is 2. The molecule has 8 nitrogen and oxygen atoms in total. The average Bonchev–Trinajstić information content (AvgIpc) is 3.07. The smallest absolute Gasteiger partial charge is 0.338 e. The van der Waals surface area contributed by atoms with E-state index in [1.54, 1.807) is 0 Å². The van der Waals surface area contributed by atoms with Crippen LogP contribution < -0.4 is 4.72 Å². The molecule has 9 heteroatoms. The predicted molar refractivity (Wildman–Crippen MR) is 92.6 cm³/mol. The lowest BCUT2D eigenvalue weighted by atomic mass is 9.96. The Morgan fingerprint density at radius 3 is 2.50 bits per heavy atom. The van der Waals surface area contributed by atoms with E-state index in [9.17, 15) is 13.2 Å². The summed E-state index contributed by atoms with van der Waals surface area (Å²) in [5, 5.41) is 3.84. The molecule has 1 heterocycles. The Balaban J connectivity index is 2.00. The van der Waals surface area contributed by atoms with Crippen LogP contribution in [0.2, 0.25) is 0 Å². The van der Waals surface area contributed by atoms with Crippen molar-refractivity contribution in [1.29, 1.82) is 0 Å². The van der Waals surface area contributed by atoms with Gasteiger partial charge in [-0.2, -0.15) is 9.71 Å². The Bertz CT molecular complexity index is 919. The minimum atomic E-state index is -3.71. The van der Waals surface area contributed by atoms with Crippen LogP contribution in [-0.2, 0) is 26.8 Å². The molecule has 0 fully saturated rings. The summed E-state index contributed by atoms with van der Waals surface area (Å²) in [5.74, 6) is 2.24. The van der Waals surface area contributed by atoms with E-state index in [1.165, 1.54) is 24.3 Å². The lowest BCUT2D eigenvalue weighted by molar-refractivity contribution is 0.0429. The summed E-state index contributed by atoms with van der Waals surface area (Å²) in [5.41, 5.74) is -0.0861. The third kappa shape index (κ3) is 4.91. The number of nitrogens with one attached hydrogen (secondary N) is 1. The second-order valence-corrected chi connectivity index (χ2v) is 8.16. The van der Waals surface area contributed by atoms with Gasteiger partial charge in [0.05, 0.1) is 17.0 Å². The summed E-state index contributed by atoms with van der Waals surface area (Å²) in [6.07, 6.45) is 5.03. The van der Waals surface area contributed by atoms with Gasteiger partial charge in [-0.15, -0.1) is 6.42 Å². The Morgan fingerprint density at radius 2 is 1.96 bits per heavy atom. The van der Waals surface area contributed by atoms with Gasteiger partial charge in [0, 0.05) is 5.41 Å². The van der Waals surface area contributed by atoms with Gasteiger partial charge in [0.2, 0.25) is 10.0 Å². The van der Waals surface area contributed by atoms with E-state index in [0.717, 1.165) is 0 Å². The highest BCUT2D eigenvalue weighted by molar-refractivity contribution is 7.89. The van der Waals surface area contributed by atoms with Crippen molar-refractivity contribution in [1.82, 2.24) is 14.9 Å². The number of rotatable bonds is 6. The fraction of sp³-hybridized carbons (Fsp3) is 0.353. The third-order valence-electron chi connectivity index (χ3n) is 3.23. The lowest BCUT2D eigenvalue weighted by Crippen LogP contribution is -2.23. The van der Waals surface area contributed by atoms with Gasteiger partial charge in [0.1, 0.15) is 0 Å². The second-order valence-electron chi connectivity index (χ2n) is 6.39. The van der Waals surface area contributed by atoms with Crippen LogP contribution in [0.5, 0.6) is 0 Å². The molecule has 0 amide bonds. The SMILES string of the molecule is C#CCNS(=O)(=O)c1ccc(C(=O)OCc2nc(C(C)(C)C)no2)cc1. The lowest BCUT2D eigenvalue weighted by Gasteiger charge is -2.10. The zero-order chi connectivity index (χ0) is 19.4. The van der Waals surface area contributed by atoms with Crippen molar-refractivity contribution in [3.8, 4) is 12.3 Å². The van der Waals surface area contributed by atoms with Crippen molar-refractivity contribution in [3.63, 3.8) is 0 Å². The van der Waals surface area contributed by atoms with E-state index in [2.05, 4.69) is 20.8 Å². The maximum atomic E-state index is 12.1. The molecule has 0 aliphatic rings. The molecule has 1 N–H and O–H groups in total. The van der Waals surface area contributed by atoms with E-state index in [4.69, 9.17) is 15.7 Å². The highest BCUT2D eigenvalue weighted by Gasteiger charge is 2.21. The summed E-state index contributed by atoms with van der Waals surface area (Å²) >= 11 is 0. The maximum absolute atomic E-state index is 12.1.